The summed E-state index contributed by atoms with van der Waals surface area (Å²) in [5, 5.41) is 0. The highest BCUT2D eigenvalue weighted by Crippen LogP contribution is 2.28. The van der Waals surface area contributed by atoms with Gasteiger partial charge in [-0.2, -0.15) is 0 Å². The second-order valence-corrected chi connectivity index (χ2v) is 6.99. The standard InChI is InChI=1S/C14H23N3O3S/c1-3-17(10-11-5-4-8-20-11)14-9-12(6-7-13(14)15)21(18,19)16-2/h6-7,9,11,16H,3-5,8,10,15H2,1-2H3. The maximum atomic E-state index is 11.9. The number of benzene rings is 1. The van der Waals surface area contributed by atoms with Gasteiger partial charge in [-0.15, -0.1) is 0 Å². The lowest BCUT2D eigenvalue weighted by Crippen LogP contribution is -2.32. The maximum Gasteiger partial charge on any atom is 0.240 e. The summed E-state index contributed by atoms with van der Waals surface area (Å²) in [6.45, 7) is 4.29. The van der Waals surface area contributed by atoms with Crippen molar-refractivity contribution in [3.63, 3.8) is 0 Å². The molecule has 1 unspecified atom stereocenters. The van der Waals surface area contributed by atoms with Crippen LogP contribution in [0, 0.1) is 0 Å². The summed E-state index contributed by atoms with van der Waals surface area (Å²) >= 11 is 0. The number of hydrogen-bond acceptors (Lipinski definition) is 5. The Hall–Kier alpha value is -1.31. The van der Waals surface area contributed by atoms with Gasteiger partial charge >= 0.3 is 0 Å². The third-order valence-corrected chi connectivity index (χ3v) is 5.16. The summed E-state index contributed by atoms with van der Waals surface area (Å²) in [6, 6.07) is 4.78. The van der Waals surface area contributed by atoms with E-state index in [1.54, 1.807) is 12.1 Å². The number of nitrogens with zero attached hydrogens (tertiary/aromatic N) is 1. The fourth-order valence-corrected chi connectivity index (χ4v) is 3.26. The Bertz CT molecular complexity index is 583. The van der Waals surface area contributed by atoms with Crippen molar-refractivity contribution in [1.82, 2.24) is 4.72 Å². The molecule has 1 fully saturated rings. The number of nitrogens with two attached hydrogens (primary N) is 1. The van der Waals surface area contributed by atoms with Crippen molar-refractivity contribution in [3.05, 3.63) is 18.2 Å². The fraction of sp³-hybridized carbons (Fsp3) is 0.571. The molecule has 0 aromatic heterocycles. The van der Waals surface area contributed by atoms with E-state index in [4.69, 9.17) is 10.5 Å². The van der Waals surface area contributed by atoms with Crippen LogP contribution in [-0.4, -0.2) is 41.3 Å². The summed E-state index contributed by atoms with van der Waals surface area (Å²) in [7, 11) is -2.07. The summed E-state index contributed by atoms with van der Waals surface area (Å²) in [5.74, 6) is 0. The molecule has 0 amide bonds. The Labute approximate surface area is 126 Å². The lowest BCUT2D eigenvalue weighted by molar-refractivity contribution is 0.116. The second-order valence-electron chi connectivity index (χ2n) is 5.10. The van der Waals surface area contributed by atoms with E-state index < -0.39 is 10.0 Å². The lowest BCUT2D eigenvalue weighted by Gasteiger charge is -2.27. The number of ether oxygens (including phenoxy) is 1. The normalized spacial score (nSPS) is 18.9. The second kappa shape index (κ2) is 6.64. The number of nitrogens with one attached hydrogen (secondary N) is 1. The van der Waals surface area contributed by atoms with Gasteiger partial charge in [0, 0.05) is 19.7 Å². The molecule has 1 heterocycles. The van der Waals surface area contributed by atoms with Crippen LogP contribution in [0.4, 0.5) is 11.4 Å². The zero-order chi connectivity index (χ0) is 15.5. The van der Waals surface area contributed by atoms with Gasteiger partial charge in [0.1, 0.15) is 0 Å². The van der Waals surface area contributed by atoms with E-state index >= 15 is 0 Å². The van der Waals surface area contributed by atoms with Gasteiger partial charge in [0.15, 0.2) is 0 Å². The molecule has 118 valence electrons. The Balaban J connectivity index is 2.29. The third-order valence-electron chi connectivity index (χ3n) is 3.75. The molecule has 1 saturated heterocycles. The maximum absolute atomic E-state index is 11.9. The van der Waals surface area contributed by atoms with Crippen molar-refractivity contribution in [3.8, 4) is 0 Å². The van der Waals surface area contributed by atoms with Crippen LogP contribution in [0.25, 0.3) is 0 Å². The van der Waals surface area contributed by atoms with E-state index in [1.165, 1.54) is 13.1 Å². The highest BCUT2D eigenvalue weighted by molar-refractivity contribution is 7.89. The van der Waals surface area contributed by atoms with Crippen LogP contribution in [-0.2, 0) is 14.8 Å². The number of likely N-dealkylation sites (N-methyl/N-ethyl adjacent to an activating group) is 1. The first-order chi connectivity index (χ1) is 9.97. The fourth-order valence-electron chi connectivity index (χ4n) is 2.51. The molecule has 1 aromatic rings. The number of anilines is 2. The van der Waals surface area contributed by atoms with E-state index in [-0.39, 0.29) is 11.0 Å². The van der Waals surface area contributed by atoms with E-state index in [0.717, 1.165) is 38.2 Å². The van der Waals surface area contributed by atoms with Crippen molar-refractivity contribution < 1.29 is 13.2 Å². The van der Waals surface area contributed by atoms with Crippen molar-refractivity contribution in [2.45, 2.75) is 30.8 Å². The van der Waals surface area contributed by atoms with Gasteiger partial charge in [0.25, 0.3) is 0 Å². The monoisotopic (exact) mass is 313 g/mol. The molecule has 0 spiro atoms. The summed E-state index contributed by atoms with van der Waals surface area (Å²) < 4.78 is 31.8. The molecule has 0 saturated carbocycles. The van der Waals surface area contributed by atoms with Crippen molar-refractivity contribution in [2.24, 2.45) is 0 Å². The predicted molar refractivity (Wildman–Crippen MR) is 84.0 cm³/mol. The van der Waals surface area contributed by atoms with Crippen molar-refractivity contribution >= 4 is 21.4 Å². The Morgan fingerprint density at radius 1 is 1.48 bits per heavy atom. The minimum atomic E-state index is -3.47. The van der Waals surface area contributed by atoms with Gasteiger partial charge in [-0.25, -0.2) is 13.1 Å². The predicted octanol–water partition coefficient (Wildman–Crippen LogP) is 1.18. The summed E-state index contributed by atoms with van der Waals surface area (Å²) in [6.07, 6.45) is 2.30. The molecule has 0 aliphatic carbocycles. The SMILES string of the molecule is CCN(CC1CCCO1)c1cc(S(=O)(=O)NC)ccc1N. The molecule has 1 atom stereocenters. The number of sulfonamides is 1. The first kappa shape index (κ1) is 16.1. The molecule has 6 nitrogen and oxygen atoms in total. The molecule has 1 aromatic carbocycles. The van der Waals surface area contributed by atoms with E-state index in [0.29, 0.717) is 5.69 Å². The summed E-state index contributed by atoms with van der Waals surface area (Å²) in [4.78, 5) is 2.29. The molecule has 2 rings (SSSR count). The highest BCUT2D eigenvalue weighted by Gasteiger charge is 2.21. The smallest absolute Gasteiger partial charge is 0.240 e. The Kier molecular flexibility index (Phi) is 5.08. The first-order valence-electron chi connectivity index (χ1n) is 7.17. The van der Waals surface area contributed by atoms with E-state index in [9.17, 15) is 8.42 Å². The minimum Gasteiger partial charge on any atom is -0.397 e. The average Bonchev–Trinajstić information content (AvgIpc) is 2.98. The van der Waals surface area contributed by atoms with Crippen LogP contribution in [0.3, 0.4) is 0 Å². The molecule has 0 radical (unpaired) electrons. The van der Waals surface area contributed by atoms with E-state index in [2.05, 4.69) is 9.62 Å². The van der Waals surface area contributed by atoms with Crippen LogP contribution in [0.1, 0.15) is 19.8 Å². The summed E-state index contributed by atoms with van der Waals surface area (Å²) in [5.41, 5.74) is 7.34. The van der Waals surface area contributed by atoms with Gasteiger partial charge in [-0.3, -0.25) is 0 Å². The molecular formula is C14H23N3O3S. The zero-order valence-electron chi connectivity index (χ0n) is 12.5. The molecule has 21 heavy (non-hydrogen) atoms. The van der Waals surface area contributed by atoms with Crippen LogP contribution in [0.2, 0.25) is 0 Å². The minimum absolute atomic E-state index is 0.189. The average molecular weight is 313 g/mol. The van der Waals surface area contributed by atoms with E-state index in [1.807, 2.05) is 6.92 Å². The van der Waals surface area contributed by atoms with Crippen LogP contribution < -0.4 is 15.4 Å². The topological polar surface area (TPSA) is 84.7 Å². The molecule has 0 bridgehead atoms. The van der Waals surface area contributed by atoms with Crippen molar-refractivity contribution in [2.75, 3.05) is 37.4 Å². The van der Waals surface area contributed by atoms with Gasteiger partial charge in [0.05, 0.1) is 22.4 Å². The van der Waals surface area contributed by atoms with Gasteiger partial charge in [-0.1, -0.05) is 0 Å². The first-order valence-corrected chi connectivity index (χ1v) is 8.66. The Morgan fingerprint density at radius 2 is 2.24 bits per heavy atom. The zero-order valence-corrected chi connectivity index (χ0v) is 13.3. The largest absolute Gasteiger partial charge is 0.397 e. The molecule has 3 N–H and O–H groups in total. The van der Waals surface area contributed by atoms with Gasteiger partial charge < -0.3 is 15.4 Å². The third kappa shape index (κ3) is 3.66. The molecule has 1 aliphatic rings. The number of hydrogen-bond donors (Lipinski definition) is 2. The number of nitrogen functional groups attached to an aromatic ring is 1. The Morgan fingerprint density at radius 3 is 2.81 bits per heavy atom. The van der Waals surface area contributed by atoms with Gasteiger partial charge in [0.2, 0.25) is 10.0 Å². The quantitative estimate of drug-likeness (QED) is 0.771. The molecule has 7 heteroatoms. The van der Waals surface area contributed by atoms with Crippen LogP contribution in [0.15, 0.2) is 23.1 Å². The van der Waals surface area contributed by atoms with Crippen LogP contribution in [0.5, 0.6) is 0 Å². The number of rotatable bonds is 6. The van der Waals surface area contributed by atoms with Gasteiger partial charge in [-0.05, 0) is 45.0 Å². The van der Waals surface area contributed by atoms with Crippen molar-refractivity contribution in [1.29, 1.82) is 0 Å². The highest BCUT2D eigenvalue weighted by atomic mass is 32.2. The molecular weight excluding hydrogens is 290 g/mol. The van der Waals surface area contributed by atoms with Crippen LogP contribution >= 0.6 is 0 Å². The molecule has 1 aliphatic heterocycles. The lowest BCUT2D eigenvalue weighted by atomic mass is 10.2.